The van der Waals surface area contributed by atoms with Crippen molar-refractivity contribution in [2.75, 3.05) is 0 Å². The van der Waals surface area contributed by atoms with Crippen molar-refractivity contribution in [2.45, 2.75) is 44.4 Å². The Morgan fingerprint density at radius 3 is 1.35 bits per heavy atom. The third-order valence-corrected chi connectivity index (χ3v) is 14.2. The van der Waals surface area contributed by atoms with Gasteiger partial charge in [-0.2, -0.15) is 0 Å². The first-order valence-electron chi connectivity index (χ1n) is 21.9. The monoisotopic (exact) mass is 794 g/mol. The lowest BCUT2D eigenvalue weighted by atomic mass is 9.76. The molecule has 0 aliphatic heterocycles. The standard InChI is InChI=1S/C61H46O/c1-60(2)53-34-40(38-15-7-5-8-16-38)25-29-47(53)49-31-27-44(36-55(49)60)58(43-20-13-19-42(33-43)46-22-14-23-52-51-21-11-12-24-57(51)62-59(46)52)45-28-32-50-48-30-26-41(39-17-9-6-10-18-39)35-54(48)61(3,4)56(50)37-45/h5-37,58H,1-4H3. The molecule has 62 heavy (non-hydrogen) atoms. The smallest absolute Gasteiger partial charge is 0.143 e. The number of fused-ring (bicyclic) bond motifs is 9. The van der Waals surface area contributed by atoms with E-state index < -0.39 is 0 Å². The average Bonchev–Trinajstić information content (AvgIpc) is 3.89. The zero-order valence-corrected chi connectivity index (χ0v) is 35.5. The summed E-state index contributed by atoms with van der Waals surface area (Å²) in [5.41, 5.74) is 23.5. The van der Waals surface area contributed by atoms with Crippen LogP contribution in [-0.2, 0) is 10.8 Å². The molecule has 0 saturated carbocycles. The van der Waals surface area contributed by atoms with Crippen LogP contribution >= 0.6 is 0 Å². The maximum atomic E-state index is 6.59. The molecule has 0 fully saturated rings. The molecular weight excluding hydrogens is 749 g/mol. The molecule has 0 saturated heterocycles. The molecule has 1 nitrogen and oxygen atoms in total. The highest BCUT2D eigenvalue weighted by Gasteiger charge is 2.39. The highest BCUT2D eigenvalue weighted by molar-refractivity contribution is 6.09. The number of furan rings is 1. The van der Waals surface area contributed by atoms with Crippen LogP contribution in [0.4, 0.5) is 0 Å². The van der Waals surface area contributed by atoms with E-state index in [0.717, 1.165) is 33.1 Å². The first kappa shape index (κ1) is 36.6. The van der Waals surface area contributed by atoms with Crippen molar-refractivity contribution in [1.29, 1.82) is 0 Å². The van der Waals surface area contributed by atoms with Crippen molar-refractivity contribution in [3.05, 3.63) is 239 Å². The summed E-state index contributed by atoms with van der Waals surface area (Å²) in [4.78, 5) is 0. The van der Waals surface area contributed by atoms with Crippen molar-refractivity contribution < 1.29 is 4.42 Å². The van der Waals surface area contributed by atoms with Crippen LogP contribution in [0, 0.1) is 0 Å². The molecule has 0 radical (unpaired) electrons. The summed E-state index contributed by atoms with van der Waals surface area (Å²) in [5, 5.41) is 2.29. The van der Waals surface area contributed by atoms with E-state index in [0.29, 0.717) is 0 Å². The minimum atomic E-state index is -0.174. The largest absolute Gasteiger partial charge is 0.455 e. The van der Waals surface area contributed by atoms with Gasteiger partial charge >= 0.3 is 0 Å². The molecule has 0 spiro atoms. The van der Waals surface area contributed by atoms with Crippen LogP contribution in [0.1, 0.15) is 72.6 Å². The van der Waals surface area contributed by atoms with E-state index >= 15 is 0 Å². The Bertz CT molecular complexity index is 3250. The summed E-state index contributed by atoms with van der Waals surface area (Å²) in [6, 6.07) is 74.4. The van der Waals surface area contributed by atoms with E-state index in [4.69, 9.17) is 4.42 Å². The van der Waals surface area contributed by atoms with Crippen molar-refractivity contribution >= 4 is 21.9 Å². The molecule has 1 aromatic heterocycles. The third kappa shape index (κ3) is 5.54. The van der Waals surface area contributed by atoms with Gasteiger partial charge in [0.05, 0.1) is 0 Å². The Hall–Kier alpha value is -7.22. The van der Waals surface area contributed by atoms with Crippen LogP contribution in [0.15, 0.2) is 205 Å². The topological polar surface area (TPSA) is 13.1 Å². The van der Waals surface area contributed by atoms with E-state index in [-0.39, 0.29) is 16.7 Å². The predicted octanol–water partition coefficient (Wildman–Crippen LogP) is 16.4. The molecule has 10 aromatic rings. The van der Waals surface area contributed by atoms with E-state index in [1.165, 1.54) is 83.5 Å². The Morgan fingerprint density at radius 1 is 0.323 bits per heavy atom. The maximum Gasteiger partial charge on any atom is 0.143 e. The quantitative estimate of drug-likeness (QED) is 0.153. The molecule has 0 atom stereocenters. The minimum Gasteiger partial charge on any atom is -0.455 e. The molecule has 0 bridgehead atoms. The number of hydrogen-bond acceptors (Lipinski definition) is 1. The van der Waals surface area contributed by atoms with Gasteiger partial charge in [-0.1, -0.05) is 210 Å². The molecule has 296 valence electrons. The molecule has 2 aliphatic rings. The number of para-hydroxylation sites is 2. The highest BCUT2D eigenvalue weighted by Crippen LogP contribution is 2.53. The summed E-state index contributed by atoms with van der Waals surface area (Å²) in [5.74, 6) is -0.0146. The van der Waals surface area contributed by atoms with Gasteiger partial charge in [0.25, 0.3) is 0 Å². The minimum absolute atomic E-state index is 0.0146. The van der Waals surface area contributed by atoms with E-state index in [1.54, 1.807) is 0 Å². The van der Waals surface area contributed by atoms with Gasteiger partial charge in [0.15, 0.2) is 0 Å². The van der Waals surface area contributed by atoms with Gasteiger partial charge in [-0.25, -0.2) is 0 Å². The summed E-state index contributed by atoms with van der Waals surface area (Å²) >= 11 is 0. The van der Waals surface area contributed by atoms with Crippen LogP contribution < -0.4 is 0 Å². The Labute approximate surface area is 364 Å². The molecule has 0 amide bonds. The van der Waals surface area contributed by atoms with Crippen molar-refractivity contribution in [3.63, 3.8) is 0 Å². The Balaban J connectivity index is 1.02. The summed E-state index contributed by atoms with van der Waals surface area (Å²) in [7, 11) is 0. The lowest BCUT2D eigenvalue weighted by molar-refractivity contribution is 0.657. The first-order chi connectivity index (χ1) is 30.2. The fourth-order valence-electron chi connectivity index (χ4n) is 10.9. The molecular formula is C61H46O. The van der Waals surface area contributed by atoms with Crippen molar-refractivity contribution in [3.8, 4) is 55.6 Å². The van der Waals surface area contributed by atoms with Gasteiger partial charge in [0.2, 0.25) is 0 Å². The maximum absolute atomic E-state index is 6.59. The molecule has 1 heteroatoms. The van der Waals surface area contributed by atoms with E-state index in [9.17, 15) is 0 Å². The predicted molar refractivity (Wildman–Crippen MR) is 259 cm³/mol. The average molecular weight is 795 g/mol. The lowest BCUT2D eigenvalue weighted by Crippen LogP contribution is -2.17. The fourth-order valence-corrected chi connectivity index (χ4v) is 10.9. The SMILES string of the molecule is CC1(C)c2cc(-c3ccccc3)ccc2-c2ccc(C(c3cccc(-c4cccc5c4oc4ccccc45)c3)c3ccc4c(c3)C(C)(C)c3cc(-c5ccccc5)ccc3-4)cc21. The highest BCUT2D eigenvalue weighted by atomic mass is 16.3. The van der Waals surface area contributed by atoms with Crippen LogP contribution in [-0.4, -0.2) is 0 Å². The van der Waals surface area contributed by atoms with Crippen molar-refractivity contribution in [2.24, 2.45) is 0 Å². The summed E-state index contributed by atoms with van der Waals surface area (Å²) in [6.07, 6.45) is 0. The second-order valence-electron chi connectivity index (χ2n) is 18.5. The van der Waals surface area contributed by atoms with Gasteiger partial charge in [0.1, 0.15) is 11.2 Å². The second-order valence-corrected chi connectivity index (χ2v) is 18.5. The van der Waals surface area contributed by atoms with E-state index in [2.05, 4.69) is 222 Å². The summed E-state index contributed by atoms with van der Waals surface area (Å²) in [6.45, 7) is 9.61. The lowest BCUT2D eigenvalue weighted by Gasteiger charge is -2.27. The van der Waals surface area contributed by atoms with Crippen LogP contribution in [0.5, 0.6) is 0 Å². The van der Waals surface area contributed by atoms with Crippen molar-refractivity contribution in [1.82, 2.24) is 0 Å². The van der Waals surface area contributed by atoms with Crippen LogP contribution in [0.3, 0.4) is 0 Å². The van der Waals surface area contributed by atoms with E-state index in [1.807, 2.05) is 6.07 Å². The van der Waals surface area contributed by atoms with Crippen LogP contribution in [0.2, 0.25) is 0 Å². The first-order valence-corrected chi connectivity index (χ1v) is 21.9. The summed E-state index contributed by atoms with van der Waals surface area (Å²) < 4.78 is 6.59. The molecule has 0 unspecified atom stereocenters. The number of rotatable bonds is 6. The third-order valence-electron chi connectivity index (χ3n) is 14.2. The molecule has 9 aromatic carbocycles. The Kier molecular flexibility index (Phi) is 8.06. The fraction of sp³-hybridized carbons (Fsp3) is 0.115. The van der Waals surface area contributed by atoms with Gasteiger partial charge in [-0.15, -0.1) is 0 Å². The molecule has 12 rings (SSSR count). The number of hydrogen-bond donors (Lipinski definition) is 0. The Morgan fingerprint density at radius 2 is 0.774 bits per heavy atom. The van der Waals surface area contributed by atoms with Crippen LogP contribution in [0.25, 0.3) is 77.6 Å². The van der Waals surface area contributed by atoms with Gasteiger partial charge in [0, 0.05) is 33.1 Å². The van der Waals surface area contributed by atoms with Gasteiger partial charge in [-0.3, -0.25) is 0 Å². The van der Waals surface area contributed by atoms with Gasteiger partial charge in [-0.05, 0) is 107 Å². The normalized spacial score (nSPS) is 14.2. The molecule has 2 aliphatic carbocycles. The molecule has 1 heterocycles. The van der Waals surface area contributed by atoms with Gasteiger partial charge < -0.3 is 4.42 Å². The molecule has 0 N–H and O–H groups in total. The zero-order chi connectivity index (χ0) is 41.7. The second kappa shape index (κ2) is 13.6. The number of benzene rings is 9. The zero-order valence-electron chi connectivity index (χ0n) is 35.5.